The Labute approximate surface area is 193 Å². The van der Waals surface area contributed by atoms with Crippen molar-refractivity contribution in [2.75, 3.05) is 39.5 Å². The second-order valence-corrected chi connectivity index (χ2v) is 13.2. The molecule has 3 rings (SSSR count). The van der Waals surface area contributed by atoms with E-state index < -0.39 is 25.5 Å². The zero-order valence-electron chi connectivity index (χ0n) is 18.3. The normalized spacial score (nSPS) is 12.7. The van der Waals surface area contributed by atoms with Crippen molar-refractivity contribution in [2.24, 2.45) is 5.73 Å². The number of sulfonamides is 2. The summed E-state index contributed by atoms with van der Waals surface area (Å²) in [4.78, 5) is 13.0. The predicted octanol–water partition coefficient (Wildman–Crippen LogP) is 0.849. The maximum atomic E-state index is 13.1. The van der Waals surface area contributed by atoms with Crippen molar-refractivity contribution in [2.45, 2.75) is 10.6 Å². The molecule has 0 aliphatic heterocycles. The molecular formula is C20H27N4O6PS2. The Kier molecular flexibility index (Phi) is 8.22. The fourth-order valence-corrected chi connectivity index (χ4v) is 5.94. The molecule has 0 bridgehead atoms. The Balaban J connectivity index is 1.92. The van der Waals surface area contributed by atoms with Gasteiger partial charge in [-0.1, -0.05) is 6.07 Å². The molecule has 1 aromatic heterocycles. The van der Waals surface area contributed by atoms with Crippen LogP contribution in [0.5, 0.6) is 0 Å². The number of fused-ring (bicyclic) bond motifs is 2. The fraction of sp³-hybridized carbons (Fsp3) is 0.350. The lowest BCUT2D eigenvalue weighted by Gasteiger charge is -2.10. The van der Waals surface area contributed by atoms with Gasteiger partial charge < -0.3 is 10.2 Å². The minimum Gasteiger partial charge on any atom is -0.456 e. The number of rotatable bonds is 11. The summed E-state index contributed by atoms with van der Waals surface area (Å²) in [5, 5.41) is 3.44. The van der Waals surface area contributed by atoms with Gasteiger partial charge in [0.25, 0.3) is 0 Å². The second-order valence-electron chi connectivity index (χ2n) is 7.56. The minimum absolute atomic E-state index is 0.0625. The van der Waals surface area contributed by atoms with Crippen LogP contribution >= 0.6 is 8.07 Å². The molecule has 0 aliphatic carbocycles. The van der Waals surface area contributed by atoms with Gasteiger partial charge in [0.05, 0.1) is 21.4 Å². The van der Waals surface area contributed by atoms with E-state index in [-0.39, 0.29) is 60.3 Å². The van der Waals surface area contributed by atoms with Crippen molar-refractivity contribution < 1.29 is 21.3 Å². The Morgan fingerprint density at radius 1 is 0.909 bits per heavy atom. The van der Waals surface area contributed by atoms with E-state index in [0.717, 1.165) is 0 Å². The summed E-state index contributed by atoms with van der Waals surface area (Å²) < 4.78 is 60.2. The van der Waals surface area contributed by atoms with Crippen molar-refractivity contribution in [3.05, 3.63) is 52.2 Å². The highest BCUT2D eigenvalue weighted by atomic mass is 32.2. The molecule has 1 heterocycles. The van der Waals surface area contributed by atoms with E-state index >= 15 is 0 Å². The van der Waals surface area contributed by atoms with Gasteiger partial charge in [-0.05, 0) is 57.3 Å². The minimum atomic E-state index is -3.83. The number of benzene rings is 2. The quantitative estimate of drug-likeness (QED) is 0.166. The van der Waals surface area contributed by atoms with Crippen LogP contribution in [0.4, 0.5) is 0 Å². The fourth-order valence-electron chi connectivity index (χ4n) is 3.17. The van der Waals surface area contributed by atoms with Gasteiger partial charge in [-0.3, -0.25) is 9.88 Å². The standard InChI is InChI=1S/C20H27N4O6PS2/c1-31(2)22-9-10-23-32(26,27)13-14-3-5-18-16(11-14)20(25)17-12-15(4-6-19(17)30-18)33(28,29)24-8-7-21/h3-6,11-12,22-24H,7-10,13,21H2,1-2H3. The number of hydrogen-bond donors (Lipinski definition) is 4. The highest BCUT2D eigenvalue weighted by Crippen LogP contribution is 2.23. The van der Waals surface area contributed by atoms with Crippen LogP contribution in [0.25, 0.3) is 21.9 Å². The molecule has 0 unspecified atom stereocenters. The molecule has 0 aliphatic rings. The van der Waals surface area contributed by atoms with Gasteiger partial charge in [-0.2, -0.15) is 0 Å². The number of nitrogens with one attached hydrogen (secondary N) is 3. The molecule has 0 spiro atoms. The first-order chi connectivity index (χ1) is 15.5. The van der Waals surface area contributed by atoms with Crippen LogP contribution in [0.2, 0.25) is 0 Å². The molecule has 0 saturated carbocycles. The van der Waals surface area contributed by atoms with Gasteiger partial charge in [0, 0.05) is 26.2 Å². The van der Waals surface area contributed by atoms with Crippen molar-refractivity contribution in [3.63, 3.8) is 0 Å². The monoisotopic (exact) mass is 514 g/mol. The number of hydrogen-bond acceptors (Lipinski definition) is 8. The van der Waals surface area contributed by atoms with E-state index in [4.69, 9.17) is 10.2 Å². The highest BCUT2D eigenvalue weighted by Gasteiger charge is 2.17. The van der Waals surface area contributed by atoms with Gasteiger partial charge in [-0.15, -0.1) is 0 Å². The van der Waals surface area contributed by atoms with Crippen LogP contribution in [-0.2, 0) is 25.8 Å². The molecule has 13 heteroatoms. The van der Waals surface area contributed by atoms with E-state index in [9.17, 15) is 21.6 Å². The summed E-state index contributed by atoms with van der Waals surface area (Å²) in [6.07, 6.45) is 0. The number of nitrogens with two attached hydrogens (primary N) is 1. The van der Waals surface area contributed by atoms with Crippen molar-refractivity contribution in [1.82, 2.24) is 14.5 Å². The molecule has 0 fully saturated rings. The topological polar surface area (TPSA) is 161 Å². The van der Waals surface area contributed by atoms with Gasteiger partial charge in [0.2, 0.25) is 25.5 Å². The van der Waals surface area contributed by atoms with E-state index in [1.807, 2.05) is 13.3 Å². The van der Waals surface area contributed by atoms with Gasteiger partial charge in [-0.25, -0.2) is 26.3 Å². The molecule has 0 radical (unpaired) electrons. The lowest BCUT2D eigenvalue weighted by Crippen LogP contribution is -2.31. The molecule has 5 N–H and O–H groups in total. The predicted molar refractivity (Wildman–Crippen MR) is 132 cm³/mol. The zero-order chi connectivity index (χ0) is 24.2. The summed E-state index contributed by atoms with van der Waals surface area (Å²) in [5.74, 6) is -0.301. The highest BCUT2D eigenvalue weighted by molar-refractivity contribution is 7.89. The maximum absolute atomic E-state index is 13.1. The van der Waals surface area contributed by atoms with Crippen molar-refractivity contribution >= 4 is 50.1 Å². The van der Waals surface area contributed by atoms with Crippen LogP contribution in [0, 0.1) is 0 Å². The molecular weight excluding hydrogens is 487 g/mol. The molecule has 3 aromatic rings. The lowest BCUT2D eigenvalue weighted by atomic mass is 10.1. The average molecular weight is 515 g/mol. The van der Waals surface area contributed by atoms with Gasteiger partial charge >= 0.3 is 0 Å². The van der Waals surface area contributed by atoms with E-state index in [1.54, 1.807) is 6.07 Å². The van der Waals surface area contributed by atoms with Crippen molar-refractivity contribution in [1.29, 1.82) is 0 Å². The Morgan fingerprint density at radius 2 is 1.58 bits per heavy atom. The third-order valence-electron chi connectivity index (χ3n) is 4.68. The Hall–Kier alpha value is -1.92. The summed E-state index contributed by atoms with van der Waals surface area (Å²) in [7, 11) is -7.76. The van der Waals surface area contributed by atoms with E-state index in [1.165, 1.54) is 30.3 Å². The van der Waals surface area contributed by atoms with Crippen LogP contribution in [0.1, 0.15) is 5.56 Å². The molecule has 33 heavy (non-hydrogen) atoms. The molecule has 0 amide bonds. The first kappa shape index (κ1) is 25.7. The van der Waals surface area contributed by atoms with E-state index in [2.05, 4.69) is 14.5 Å². The first-order valence-electron chi connectivity index (χ1n) is 10.1. The molecule has 0 saturated heterocycles. The van der Waals surface area contributed by atoms with Crippen LogP contribution < -0.4 is 25.7 Å². The first-order valence-corrected chi connectivity index (χ1v) is 15.5. The SMILES string of the molecule is CP(C)NCCNS(=O)(=O)Cc1ccc2oc3ccc(S(=O)(=O)NCCN)cc3c(=O)c2c1. The molecule has 0 atom stereocenters. The molecule has 2 aromatic carbocycles. The Morgan fingerprint density at radius 3 is 2.24 bits per heavy atom. The van der Waals surface area contributed by atoms with Gasteiger partial charge in [0.15, 0.2) is 0 Å². The Bertz CT molecular complexity index is 1420. The molecule has 180 valence electrons. The lowest BCUT2D eigenvalue weighted by molar-refractivity contribution is 0.579. The average Bonchev–Trinajstić information content (AvgIpc) is 2.75. The van der Waals surface area contributed by atoms with Gasteiger partial charge in [0.1, 0.15) is 11.2 Å². The van der Waals surface area contributed by atoms with E-state index in [0.29, 0.717) is 12.1 Å². The second kappa shape index (κ2) is 10.6. The zero-order valence-corrected chi connectivity index (χ0v) is 20.8. The van der Waals surface area contributed by atoms with Crippen LogP contribution in [0.15, 0.2) is 50.5 Å². The third-order valence-corrected chi connectivity index (χ3v) is 8.35. The van der Waals surface area contributed by atoms with Crippen LogP contribution in [-0.4, -0.2) is 56.3 Å². The summed E-state index contributed by atoms with van der Waals surface area (Å²) in [6.45, 7) is 5.05. The largest absolute Gasteiger partial charge is 0.456 e. The summed E-state index contributed by atoms with van der Waals surface area (Å²) >= 11 is 0. The van der Waals surface area contributed by atoms with Crippen LogP contribution in [0.3, 0.4) is 0 Å². The smallest absolute Gasteiger partial charge is 0.240 e. The molecule has 10 nitrogen and oxygen atoms in total. The maximum Gasteiger partial charge on any atom is 0.240 e. The third kappa shape index (κ3) is 6.57. The summed E-state index contributed by atoms with van der Waals surface area (Å²) in [6, 6.07) is 8.59. The van der Waals surface area contributed by atoms with Crippen molar-refractivity contribution in [3.8, 4) is 0 Å². The summed E-state index contributed by atoms with van der Waals surface area (Å²) in [5.41, 5.74) is 5.83.